The minimum Gasteiger partial charge on any atom is -0.379 e. The van der Waals surface area contributed by atoms with Gasteiger partial charge in [0.15, 0.2) is 5.78 Å². The van der Waals surface area contributed by atoms with Gasteiger partial charge in [0.05, 0.1) is 37.9 Å². The van der Waals surface area contributed by atoms with E-state index in [9.17, 15) is 9.59 Å². The van der Waals surface area contributed by atoms with Gasteiger partial charge in [-0.2, -0.15) is 0 Å². The fourth-order valence-electron chi connectivity index (χ4n) is 3.65. The lowest BCUT2D eigenvalue weighted by molar-refractivity contribution is -0.142. The maximum atomic E-state index is 12.9. The summed E-state index contributed by atoms with van der Waals surface area (Å²) in [5.41, 5.74) is 0.510. The normalized spacial score (nSPS) is 22.0. The summed E-state index contributed by atoms with van der Waals surface area (Å²) in [6.45, 7) is 10.0. The highest BCUT2D eigenvalue weighted by atomic mass is 16.5. The van der Waals surface area contributed by atoms with E-state index in [1.807, 2.05) is 26.8 Å². The second-order valence-electron chi connectivity index (χ2n) is 8.56. The maximum Gasteiger partial charge on any atom is 0.237 e. The number of Topliss-reactive ketones (excluding diaryl/α,β-unsaturated/α-hetero) is 1. The number of aromatic nitrogens is 1. The second kappa shape index (κ2) is 8.52. The lowest BCUT2D eigenvalue weighted by Gasteiger charge is -2.36. The summed E-state index contributed by atoms with van der Waals surface area (Å²) in [7, 11) is 0. The number of piperidine rings is 1. The summed E-state index contributed by atoms with van der Waals surface area (Å²) < 4.78 is 10.7. The topological polar surface area (TPSA) is 75.9 Å². The van der Waals surface area contributed by atoms with Crippen LogP contribution in [0.3, 0.4) is 0 Å². The smallest absolute Gasteiger partial charge is 0.237 e. The van der Waals surface area contributed by atoms with E-state index in [1.54, 1.807) is 4.90 Å². The Kier molecular flexibility index (Phi) is 6.32. The Hall–Kier alpha value is -1.73. The van der Waals surface area contributed by atoms with Crippen molar-refractivity contribution >= 4 is 11.7 Å². The number of morpholine rings is 1. The Labute approximate surface area is 161 Å². The minimum absolute atomic E-state index is 0.0467. The molecule has 7 nitrogen and oxygen atoms in total. The molecule has 3 rings (SSSR count). The third-order valence-electron chi connectivity index (χ3n) is 5.31. The lowest BCUT2D eigenvalue weighted by atomic mass is 9.92. The molecule has 27 heavy (non-hydrogen) atoms. The van der Waals surface area contributed by atoms with Crippen LogP contribution in [0.1, 0.15) is 51.5 Å². The number of ketones is 1. The monoisotopic (exact) mass is 377 g/mol. The fraction of sp³-hybridized carbons (Fsp3) is 0.750. The van der Waals surface area contributed by atoms with Crippen molar-refractivity contribution in [3.8, 4) is 0 Å². The predicted octanol–water partition coefficient (Wildman–Crippen LogP) is 1.80. The molecule has 0 radical (unpaired) electrons. The Bertz CT molecular complexity index is 658. The first kappa shape index (κ1) is 20.0. The minimum atomic E-state index is -0.345. The quantitative estimate of drug-likeness (QED) is 0.779. The van der Waals surface area contributed by atoms with Gasteiger partial charge in [-0.25, -0.2) is 0 Å². The van der Waals surface area contributed by atoms with Crippen LogP contribution in [-0.2, 0) is 26.2 Å². The lowest BCUT2D eigenvalue weighted by Crippen LogP contribution is -2.52. The van der Waals surface area contributed by atoms with Crippen LogP contribution in [0.5, 0.6) is 0 Å². The standard InChI is InChI=1S/C20H31N3O4/c1-20(2,3)18-13-15(21-27-18)12-17(24)16-6-4-5-7-23(16)19(25)14-22-8-10-26-11-9-22/h13,16H,4-12,14H2,1-3H3/t16-/m0/s1. The van der Waals surface area contributed by atoms with E-state index in [1.165, 1.54) is 0 Å². The molecular formula is C20H31N3O4. The molecule has 0 spiro atoms. The van der Waals surface area contributed by atoms with Gasteiger partial charge >= 0.3 is 0 Å². The Morgan fingerprint density at radius 2 is 1.93 bits per heavy atom. The van der Waals surface area contributed by atoms with E-state index >= 15 is 0 Å². The molecule has 2 aliphatic rings. The Morgan fingerprint density at radius 1 is 1.19 bits per heavy atom. The van der Waals surface area contributed by atoms with E-state index in [4.69, 9.17) is 9.26 Å². The van der Waals surface area contributed by atoms with Gasteiger partial charge in [0.2, 0.25) is 5.91 Å². The highest BCUT2D eigenvalue weighted by Crippen LogP contribution is 2.24. The van der Waals surface area contributed by atoms with Crippen molar-refractivity contribution in [2.75, 3.05) is 39.4 Å². The molecule has 0 unspecified atom stereocenters. The van der Waals surface area contributed by atoms with Crippen molar-refractivity contribution in [2.45, 2.75) is 57.9 Å². The van der Waals surface area contributed by atoms with Crippen LogP contribution in [0.2, 0.25) is 0 Å². The summed E-state index contributed by atoms with van der Waals surface area (Å²) in [4.78, 5) is 29.6. The van der Waals surface area contributed by atoms with Crippen molar-refractivity contribution in [1.82, 2.24) is 15.0 Å². The maximum absolute atomic E-state index is 12.9. The summed E-state index contributed by atoms with van der Waals surface area (Å²) in [5.74, 6) is 0.874. The number of rotatable bonds is 5. The molecule has 2 saturated heterocycles. The van der Waals surface area contributed by atoms with Gasteiger partial charge in [0.1, 0.15) is 5.76 Å². The Balaban J connectivity index is 1.62. The largest absolute Gasteiger partial charge is 0.379 e. The molecule has 0 N–H and O–H groups in total. The third kappa shape index (κ3) is 5.17. The van der Waals surface area contributed by atoms with E-state index in [0.717, 1.165) is 38.1 Å². The first-order chi connectivity index (χ1) is 12.8. The molecule has 1 aromatic rings. The zero-order valence-corrected chi connectivity index (χ0v) is 16.7. The molecule has 150 valence electrons. The van der Waals surface area contributed by atoms with E-state index in [-0.39, 0.29) is 29.6 Å². The van der Waals surface area contributed by atoms with Gasteiger partial charge in [0, 0.05) is 31.1 Å². The molecule has 0 bridgehead atoms. The highest BCUT2D eigenvalue weighted by Gasteiger charge is 2.33. The van der Waals surface area contributed by atoms with Crippen LogP contribution in [0.15, 0.2) is 10.6 Å². The second-order valence-corrected chi connectivity index (χ2v) is 8.56. The van der Waals surface area contributed by atoms with Crippen molar-refractivity contribution in [2.24, 2.45) is 0 Å². The fourth-order valence-corrected chi connectivity index (χ4v) is 3.65. The number of ether oxygens (including phenoxy) is 1. The zero-order chi connectivity index (χ0) is 19.4. The van der Waals surface area contributed by atoms with Gasteiger partial charge in [-0.1, -0.05) is 25.9 Å². The third-order valence-corrected chi connectivity index (χ3v) is 5.31. The number of carbonyl (C=O) groups is 2. The molecule has 0 saturated carbocycles. The van der Waals surface area contributed by atoms with Crippen molar-refractivity contribution in [1.29, 1.82) is 0 Å². The number of hydrogen-bond acceptors (Lipinski definition) is 6. The van der Waals surface area contributed by atoms with Crippen LogP contribution in [0.25, 0.3) is 0 Å². The van der Waals surface area contributed by atoms with Gasteiger partial charge < -0.3 is 14.2 Å². The molecule has 0 aliphatic carbocycles. The van der Waals surface area contributed by atoms with Crippen molar-refractivity contribution in [3.05, 3.63) is 17.5 Å². The van der Waals surface area contributed by atoms with E-state index in [2.05, 4.69) is 10.1 Å². The van der Waals surface area contributed by atoms with Gasteiger partial charge in [-0.15, -0.1) is 0 Å². The molecule has 1 aromatic heterocycles. The number of amides is 1. The molecule has 2 aliphatic heterocycles. The summed E-state index contributed by atoms with van der Waals surface area (Å²) in [6.07, 6.45) is 2.88. The molecule has 3 heterocycles. The first-order valence-electron chi connectivity index (χ1n) is 9.93. The van der Waals surface area contributed by atoms with Crippen LogP contribution < -0.4 is 0 Å². The van der Waals surface area contributed by atoms with Crippen LogP contribution in [0.4, 0.5) is 0 Å². The summed E-state index contributed by atoms with van der Waals surface area (Å²) >= 11 is 0. The Morgan fingerprint density at radius 3 is 2.59 bits per heavy atom. The molecule has 2 fully saturated rings. The van der Waals surface area contributed by atoms with E-state index < -0.39 is 0 Å². The number of likely N-dealkylation sites (tertiary alicyclic amines) is 1. The van der Waals surface area contributed by atoms with Gasteiger partial charge in [0.25, 0.3) is 0 Å². The zero-order valence-electron chi connectivity index (χ0n) is 16.7. The number of nitrogens with zero attached hydrogens (tertiary/aromatic N) is 3. The average Bonchev–Trinajstić information content (AvgIpc) is 3.11. The molecule has 7 heteroatoms. The average molecular weight is 377 g/mol. The summed E-state index contributed by atoms with van der Waals surface area (Å²) in [6, 6.07) is 1.52. The molecular weight excluding hydrogens is 346 g/mol. The van der Waals surface area contributed by atoms with Crippen LogP contribution in [-0.4, -0.2) is 72.1 Å². The predicted molar refractivity (Wildman–Crippen MR) is 101 cm³/mol. The molecule has 1 amide bonds. The first-order valence-corrected chi connectivity index (χ1v) is 9.93. The van der Waals surface area contributed by atoms with Gasteiger partial charge in [-0.05, 0) is 19.3 Å². The summed E-state index contributed by atoms with van der Waals surface area (Å²) in [5, 5.41) is 4.06. The molecule has 1 atom stereocenters. The van der Waals surface area contributed by atoms with Crippen LogP contribution >= 0.6 is 0 Å². The SMILES string of the molecule is CC(C)(C)c1cc(CC(=O)[C@@H]2CCCCN2C(=O)CN2CCOCC2)no1. The van der Waals surface area contributed by atoms with Gasteiger partial charge in [-0.3, -0.25) is 14.5 Å². The van der Waals surface area contributed by atoms with Crippen molar-refractivity contribution in [3.63, 3.8) is 0 Å². The van der Waals surface area contributed by atoms with E-state index in [0.29, 0.717) is 32.0 Å². The van der Waals surface area contributed by atoms with Crippen molar-refractivity contribution < 1.29 is 18.8 Å². The van der Waals surface area contributed by atoms with Crippen LogP contribution in [0, 0.1) is 0 Å². The highest BCUT2D eigenvalue weighted by molar-refractivity contribution is 5.91. The number of hydrogen-bond donors (Lipinski definition) is 0. The number of carbonyl (C=O) groups excluding carboxylic acids is 2. The molecule has 0 aromatic carbocycles.